The van der Waals surface area contributed by atoms with Gasteiger partial charge in [0.2, 0.25) is 11.8 Å². The minimum atomic E-state index is -4.24. The molecule has 0 radical (unpaired) electrons. The standard InChI is InChI=1S/C17H15F3N2O2/c1-10-8-12(16(6-7-16)17(18,19)20)3-4-13(10)24-14-5-2-11(9-22-14)15(21)23/h2-5,8-9H,6-7H2,1H3,(H2,21,23). The van der Waals surface area contributed by atoms with E-state index in [1.54, 1.807) is 6.92 Å². The van der Waals surface area contributed by atoms with E-state index in [1.807, 2.05) is 0 Å². The van der Waals surface area contributed by atoms with Gasteiger partial charge in [0.1, 0.15) is 5.75 Å². The van der Waals surface area contributed by atoms with Crippen molar-refractivity contribution in [3.63, 3.8) is 0 Å². The number of hydrogen-bond acceptors (Lipinski definition) is 3. The van der Waals surface area contributed by atoms with Crippen LogP contribution in [0.15, 0.2) is 36.5 Å². The molecule has 1 aromatic heterocycles. The minimum absolute atomic E-state index is 0.117. The number of nitrogens with two attached hydrogens (primary N) is 1. The largest absolute Gasteiger partial charge is 0.439 e. The molecule has 0 saturated heterocycles. The van der Waals surface area contributed by atoms with Crippen molar-refractivity contribution in [1.29, 1.82) is 0 Å². The smallest absolute Gasteiger partial charge is 0.398 e. The van der Waals surface area contributed by atoms with Gasteiger partial charge in [-0.2, -0.15) is 13.2 Å². The first-order chi connectivity index (χ1) is 11.2. The predicted molar refractivity (Wildman–Crippen MR) is 81.0 cm³/mol. The number of rotatable bonds is 4. The number of carbonyl (C=O) groups is 1. The Morgan fingerprint density at radius 2 is 1.96 bits per heavy atom. The van der Waals surface area contributed by atoms with E-state index in [-0.39, 0.29) is 29.8 Å². The lowest BCUT2D eigenvalue weighted by atomic mass is 9.93. The molecule has 0 atom stereocenters. The van der Waals surface area contributed by atoms with Gasteiger partial charge in [-0.1, -0.05) is 12.1 Å². The number of carbonyl (C=O) groups excluding carboxylic acids is 1. The first-order valence-corrected chi connectivity index (χ1v) is 7.34. The molecule has 24 heavy (non-hydrogen) atoms. The number of primary amides is 1. The molecule has 1 aliphatic carbocycles. The van der Waals surface area contributed by atoms with Crippen molar-refractivity contribution >= 4 is 5.91 Å². The summed E-state index contributed by atoms with van der Waals surface area (Å²) in [5, 5.41) is 0. The van der Waals surface area contributed by atoms with Crippen LogP contribution in [-0.2, 0) is 5.41 Å². The van der Waals surface area contributed by atoms with Crippen LogP contribution in [0.25, 0.3) is 0 Å². The fraction of sp³-hybridized carbons (Fsp3) is 0.294. The molecule has 2 aromatic rings. The van der Waals surface area contributed by atoms with E-state index in [9.17, 15) is 18.0 Å². The van der Waals surface area contributed by atoms with Crippen molar-refractivity contribution in [2.45, 2.75) is 31.4 Å². The normalized spacial score (nSPS) is 15.8. The molecule has 1 aliphatic rings. The summed E-state index contributed by atoms with van der Waals surface area (Å²) >= 11 is 0. The minimum Gasteiger partial charge on any atom is -0.439 e. The molecule has 0 spiro atoms. The third-order valence-electron chi connectivity index (χ3n) is 4.26. The lowest BCUT2D eigenvalue weighted by Gasteiger charge is -2.20. The van der Waals surface area contributed by atoms with Crippen LogP contribution in [0.5, 0.6) is 11.6 Å². The molecule has 126 valence electrons. The van der Waals surface area contributed by atoms with Crippen molar-refractivity contribution in [3.05, 3.63) is 53.2 Å². The van der Waals surface area contributed by atoms with Crippen molar-refractivity contribution in [1.82, 2.24) is 4.98 Å². The lowest BCUT2D eigenvalue weighted by Crippen LogP contribution is -2.28. The number of aromatic nitrogens is 1. The molecule has 1 aromatic carbocycles. The highest BCUT2D eigenvalue weighted by molar-refractivity contribution is 5.92. The maximum atomic E-state index is 13.2. The molecule has 1 heterocycles. The second-order valence-electron chi connectivity index (χ2n) is 5.91. The molecule has 0 aliphatic heterocycles. The Labute approximate surface area is 136 Å². The van der Waals surface area contributed by atoms with Gasteiger partial charge in [0.25, 0.3) is 0 Å². The molecular weight excluding hydrogens is 321 g/mol. The number of benzene rings is 1. The van der Waals surface area contributed by atoms with Crippen LogP contribution in [0.4, 0.5) is 13.2 Å². The Morgan fingerprint density at radius 1 is 1.25 bits per heavy atom. The quantitative estimate of drug-likeness (QED) is 0.921. The summed E-state index contributed by atoms with van der Waals surface area (Å²) in [7, 11) is 0. The Balaban J connectivity index is 1.82. The van der Waals surface area contributed by atoms with Gasteiger partial charge in [-0.3, -0.25) is 4.79 Å². The highest BCUT2D eigenvalue weighted by Gasteiger charge is 2.64. The maximum Gasteiger partial charge on any atom is 0.398 e. The summed E-state index contributed by atoms with van der Waals surface area (Å²) in [5.74, 6) is 0.0420. The predicted octanol–water partition coefficient (Wildman–Crippen LogP) is 3.88. The molecule has 2 N–H and O–H groups in total. The van der Waals surface area contributed by atoms with Gasteiger partial charge >= 0.3 is 6.18 Å². The van der Waals surface area contributed by atoms with Gasteiger partial charge in [-0.25, -0.2) is 4.98 Å². The van der Waals surface area contributed by atoms with Gasteiger partial charge in [0.15, 0.2) is 0 Å². The molecule has 1 fully saturated rings. The molecule has 0 unspecified atom stereocenters. The Kier molecular flexibility index (Phi) is 3.74. The second kappa shape index (κ2) is 5.51. The number of halogens is 3. The summed E-state index contributed by atoms with van der Waals surface area (Å²) in [6, 6.07) is 7.41. The Bertz CT molecular complexity index is 781. The molecule has 1 amide bonds. The Morgan fingerprint density at radius 3 is 2.42 bits per heavy atom. The van der Waals surface area contributed by atoms with Gasteiger partial charge in [0, 0.05) is 12.3 Å². The highest BCUT2D eigenvalue weighted by Crippen LogP contribution is 2.59. The van der Waals surface area contributed by atoms with Crippen LogP contribution < -0.4 is 10.5 Å². The van der Waals surface area contributed by atoms with Crippen molar-refractivity contribution in [2.24, 2.45) is 5.73 Å². The topological polar surface area (TPSA) is 65.2 Å². The lowest BCUT2D eigenvalue weighted by molar-refractivity contribution is -0.160. The highest BCUT2D eigenvalue weighted by atomic mass is 19.4. The van der Waals surface area contributed by atoms with Crippen LogP contribution >= 0.6 is 0 Å². The van der Waals surface area contributed by atoms with Crippen LogP contribution in [0.2, 0.25) is 0 Å². The third kappa shape index (κ3) is 2.81. The SMILES string of the molecule is Cc1cc(C2(C(F)(F)F)CC2)ccc1Oc1ccc(C(N)=O)cn1. The average molecular weight is 336 g/mol. The fourth-order valence-corrected chi connectivity index (χ4v) is 2.62. The molecule has 3 rings (SSSR count). The molecule has 7 heteroatoms. The van der Waals surface area contributed by atoms with Crippen molar-refractivity contribution < 1.29 is 22.7 Å². The van der Waals surface area contributed by atoms with Gasteiger partial charge in [-0.05, 0) is 43.0 Å². The monoisotopic (exact) mass is 336 g/mol. The Hall–Kier alpha value is -2.57. The number of hydrogen-bond donors (Lipinski definition) is 1. The molecular formula is C17H15F3N2O2. The van der Waals surface area contributed by atoms with E-state index in [4.69, 9.17) is 10.5 Å². The average Bonchev–Trinajstić information content (AvgIpc) is 3.31. The number of alkyl halides is 3. The van der Waals surface area contributed by atoms with E-state index in [2.05, 4.69) is 4.98 Å². The van der Waals surface area contributed by atoms with E-state index in [0.29, 0.717) is 11.3 Å². The van der Waals surface area contributed by atoms with Crippen LogP contribution in [0.3, 0.4) is 0 Å². The van der Waals surface area contributed by atoms with E-state index in [1.165, 1.54) is 36.5 Å². The summed E-state index contributed by atoms with van der Waals surface area (Å²) in [4.78, 5) is 14.9. The summed E-state index contributed by atoms with van der Waals surface area (Å²) in [5.41, 5.74) is 4.51. The zero-order chi connectivity index (χ0) is 17.5. The van der Waals surface area contributed by atoms with E-state index in [0.717, 1.165) is 0 Å². The van der Waals surface area contributed by atoms with E-state index < -0.39 is 17.5 Å². The van der Waals surface area contributed by atoms with Gasteiger partial charge in [0.05, 0.1) is 11.0 Å². The zero-order valence-electron chi connectivity index (χ0n) is 12.9. The van der Waals surface area contributed by atoms with Gasteiger partial charge in [-0.15, -0.1) is 0 Å². The molecule has 0 bridgehead atoms. The summed E-state index contributed by atoms with van der Waals surface area (Å²) < 4.78 is 45.1. The first kappa shape index (κ1) is 16.3. The van der Waals surface area contributed by atoms with Crippen LogP contribution in [0, 0.1) is 6.92 Å². The number of aryl methyl sites for hydroxylation is 1. The molecule has 1 saturated carbocycles. The van der Waals surface area contributed by atoms with Gasteiger partial charge < -0.3 is 10.5 Å². The van der Waals surface area contributed by atoms with E-state index >= 15 is 0 Å². The first-order valence-electron chi connectivity index (χ1n) is 7.34. The fourth-order valence-electron chi connectivity index (χ4n) is 2.62. The summed E-state index contributed by atoms with van der Waals surface area (Å²) in [6.45, 7) is 1.68. The second-order valence-corrected chi connectivity index (χ2v) is 5.91. The number of ether oxygens (including phenoxy) is 1. The maximum absolute atomic E-state index is 13.2. The van der Waals surface area contributed by atoms with Crippen molar-refractivity contribution in [2.75, 3.05) is 0 Å². The van der Waals surface area contributed by atoms with Crippen molar-refractivity contribution in [3.8, 4) is 11.6 Å². The number of nitrogens with zero attached hydrogens (tertiary/aromatic N) is 1. The number of amides is 1. The van der Waals surface area contributed by atoms with Crippen LogP contribution in [-0.4, -0.2) is 17.1 Å². The number of pyridine rings is 1. The zero-order valence-corrected chi connectivity index (χ0v) is 12.9. The van der Waals surface area contributed by atoms with Crippen LogP contribution in [0.1, 0.15) is 34.3 Å². The summed E-state index contributed by atoms with van der Waals surface area (Å²) in [6.07, 6.45) is -2.73. The third-order valence-corrected chi connectivity index (χ3v) is 4.26. The molecule has 4 nitrogen and oxygen atoms in total.